The fourth-order valence-electron chi connectivity index (χ4n) is 4.79. The van der Waals surface area contributed by atoms with Gasteiger partial charge >= 0.3 is 0 Å². The minimum absolute atomic E-state index is 0.957. The summed E-state index contributed by atoms with van der Waals surface area (Å²) < 4.78 is 2.32. The monoisotopic (exact) mass is 374 g/mol. The first-order valence-corrected chi connectivity index (χ1v) is 10.8. The van der Waals surface area contributed by atoms with E-state index in [1.807, 2.05) is 0 Å². The van der Waals surface area contributed by atoms with Crippen molar-refractivity contribution in [3.63, 3.8) is 0 Å². The van der Waals surface area contributed by atoms with Crippen molar-refractivity contribution in [1.29, 1.82) is 0 Å². The second-order valence-corrected chi connectivity index (χ2v) is 8.36. The van der Waals surface area contributed by atoms with Crippen LogP contribution >= 0.6 is 0 Å². The highest BCUT2D eigenvalue weighted by Crippen LogP contribution is 2.31. The van der Waals surface area contributed by atoms with E-state index in [9.17, 15) is 0 Å². The van der Waals surface area contributed by atoms with Gasteiger partial charge < -0.3 is 9.72 Å². The van der Waals surface area contributed by atoms with Gasteiger partial charge in [-0.15, -0.1) is 0 Å². The van der Waals surface area contributed by atoms with E-state index in [0.717, 1.165) is 38.4 Å². The van der Waals surface area contributed by atoms with Crippen molar-refractivity contribution in [2.24, 2.45) is 0 Å². The van der Waals surface area contributed by atoms with Crippen LogP contribution in [0.25, 0.3) is 16.9 Å². The third-order valence-corrected chi connectivity index (χ3v) is 6.37. The molecule has 146 valence electrons. The van der Waals surface area contributed by atoms with Gasteiger partial charge in [0.15, 0.2) is 0 Å². The lowest BCUT2D eigenvalue weighted by atomic mass is 9.90. The summed E-state index contributed by atoms with van der Waals surface area (Å²) in [6.45, 7) is 7.57. The number of pyridine rings is 1. The molecular weight excluding hydrogens is 344 g/mol. The molecule has 0 bridgehead atoms. The van der Waals surface area contributed by atoms with E-state index in [4.69, 9.17) is 4.98 Å². The molecule has 4 nitrogen and oxygen atoms in total. The van der Waals surface area contributed by atoms with Gasteiger partial charge in [0.2, 0.25) is 0 Å². The summed E-state index contributed by atoms with van der Waals surface area (Å²) in [6.07, 6.45) is 8.48. The summed E-state index contributed by atoms with van der Waals surface area (Å²) in [4.78, 5) is 7.72. The van der Waals surface area contributed by atoms with Crippen molar-refractivity contribution in [1.82, 2.24) is 19.6 Å². The number of fused-ring (bicyclic) bond motifs is 2. The second kappa shape index (κ2) is 7.69. The molecule has 2 aliphatic rings. The average Bonchev–Trinajstić information content (AvgIpc) is 2.90. The minimum Gasteiger partial charge on any atom is -0.315 e. The number of nitrogens with zero attached hydrogens (tertiary/aromatic N) is 3. The Bertz CT molecular complexity index is 980. The molecule has 0 spiro atoms. The smallest absolute Gasteiger partial charge is 0.140 e. The number of aromatic nitrogens is 2. The maximum atomic E-state index is 5.14. The van der Waals surface area contributed by atoms with Crippen molar-refractivity contribution in [3.8, 4) is 11.3 Å². The molecule has 0 atom stereocenters. The van der Waals surface area contributed by atoms with Crippen LogP contribution in [-0.2, 0) is 19.4 Å². The predicted molar refractivity (Wildman–Crippen MR) is 115 cm³/mol. The lowest BCUT2D eigenvalue weighted by Crippen LogP contribution is -2.28. The Morgan fingerprint density at radius 2 is 1.89 bits per heavy atom. The Balaban J connectivity index is 1.60. The van der Waals surface area contributed by atoms with Crippen molar-refractivity contribution in [2.45, 2.75) is 45.6 Å². The summed E-state index contributed by atoms with van der Waals surface area (Å²) in [6, 6.07) is 11.4. The van der Waals surface area contributed by atoms with Crippen LogP contribution in [0.15, 0.2) is 36.5 Å². The van der Waals surface area contributed by atoms with Crippen molar-refractivity contribution in [2.75, 3.05) is 26.2 Å². The molecule has 1 aliphatic carbocycles. The van der Waals surface area contributed by atoms with Gasteiger partial charge in [-0.2, -0.15) is 0 Å². The highest BCUT2D eigenvalue weighted by Gasteiger charge is 2.20. The van der Waals surface area contributed by atoms with E-state index in [-0.39, 0.29) is 0 Å². The molecule has 1 aromatic carbocycles. The van der Waals surface area contributed by atoms with Gasteiger partial charge in [0.1, 0.15) is 5.65 Å². The largest absolute Gasteiger partial charge is 0.315 e. The minimum atomic E-state index is 0.957. The first kappa shape index (κ1) is 17.9. The van der Waals surface area contributed by atoms with Crippen LogP contribution in [0.3, 0.4) is 0 Å². The molecule has 1 aliphatic heterocycles. The van der Waals surface area contributed by atoms with Crippen molar-refractivity contribution < 1.29 is 0 Å². The molecule has 28 heavy (non-hydrogen) atoms. The Hall–Kier alpha value is -2.17. The van der Waals surface area contributed by atoms with Gasteiger partial charge in [0.05, 0.1) is 11.4 Å². The molecule has 4 heteroatoms. The summed E-state index contributed by atoms with van der Waals surface area (Å²) in [5.74, 6) is 0. The molecule has 1 N–H and O–H groups in total. The topological polar surface area (TPSA) is 32.6 Å². The number of hydrogen-bond donors (Lipinski definition) is 1. The molecule has 3 aromatic rings. The molecule has 5 rings (SSSR count). The standard InChI is InChI=1S/C24H30N4/c1-18-6-4-14-28-22(17-27-13-5-11-25-12-15-27)23(26-24(18)28)21-10-9-19-7-2-3-8-20(19)16-21/h4,6,9-10,14,16,25H,2-3,5,7-8,11-13,15,17H2,1H3. The molecule has 0 unspecified atom stereocenters. The van der Waals surface area contributed by atoms with Gasteiger partial charge in [-0.05, 0) is 80.9 Å². The molecule has 2 aromatic heterocycles. The highest BCUT2D eigenvalue weighted by molar-refractivity contribution is 5.69. The SMILES string of the molecule is Cc1cccn2c(CN3CCCNCC3)c(-c3ccc4c(c3)CCCC4)nc12. The van der Waals surface area contributed by atoms with Crippen LogP contribution in [0.2, 0.25) is 0 Å². The van der Waals surface area contributed by atoms with Crippen LogP contribution in [0.1, 0.15) is 41.6 Å². The van der Waals surface area contributed by atoms with E-state index in [1.54, 1.807) is 0 Å². The summed E-state index contributed by atoms with van der Waals surface area (Å²) in [7, 11) is 0. The van der Waals surface area contributed by atoms with Crippen LogP contribution in [0.5, 0.6) is 0 Å². The number of nitrogens with one attached hydrogen (secondary N) is 1. The van der Waals surface area contributed by atoms with Gasteiger partial charge in [-0.25, -0.2) is 4.98 Å². The van der Waals surface area contributed by atoms with Gasteiger partial charge in [-0.1, -0.05) is 18.2 Å². The maximum absolute atomic E-state index is 5.14. The fraction of sp³-hybridized carbons (Fsp3) is 0.458. The van der Waals surface area contributed by atoms with Crippen LogP contribution in [-0.4, -0.2) is 40.5 Å². The number of imidazole rings is 1. The normalized spacial score (nSPS) is 18.2. The third-order valence-electron chi connectivity index (χ3n) is 6.37. The Labute approximate surface area is 167 Å². The maximum Gasteiger partial charge on any atom is 0.140 e. The van der Waals surface area contributed by atoms with Gasteiger partial charge in [-0.3, -0.25) is 4.90 Å². The molecule has 0 saturated carbocycles. The summed E-state index contributed by atoms with van der Waals surface area (Å²) in [5, 5.41) is 3.52. The lowest BCUT2D eigenvalue weighted by Gasteiger charge is -2.20. The lowest BCUT2D eigenvalue weighted by molar-refractivity contribution is 0.281. The van der Waals surface area contributed by atoms with E-state index >= 15 is 0 Å². The van der Waals surface area contributed by atoms with Crippen molar-refractivity contribution in [3.05, 3.63) is 58.9 Å². The first-order chi connectivity index (χ1) is 13.8. The molecule has 0 amide bonds. The van der Waals surface area contributed by atoms with Crippen LogP contribution < -0.4 is 5.32 Å². The number of benzene rings is 1. The van der Waals surface area contributed by atoms with Gasteiger partial charge in [0, 0.05) is 31.4 Å². The highest BCUT2D eigenvalue weighted by atomic mass is 15.2. The molecule has 3 heterocycles. The zero-order chi connectivity index (χ0) is 18.9. The van der Waals surface area contributed by atoms with E-state index < -0.39 is 0 Å². The first-order valence-electron chi connectivity index (χ1n) is 10.8. The number of hydrogen-bond acceptors (Lipinski definition) is 3. The molecule has 1 fully saturated rings. The van der Waals surface area contributed by atoms with Gasteiger partial charge in [0.25, 0.3) is 0 Å². The fourth-order valence-corrected chi connectivity index (χ4v) is 4.79. The summed E-state index contributed by atoms with van der Waals surface area (Å²) >= 11 is 0. The third kappa shape index (κ3) is 3.36. The number of aryl methyl sites for hydroxylation is 3. The molecule has 0 radical (unpaired) electrons. The van der Waals surface area contributed by atoms with Crippen molar-refractivity contribution >= 4 is 5.65 Å². The number of rotatable bonds is 3. The van der Waals surface area contributed by atoms with Crippen LogP contribution in [0.4, 0.5) is 0 Å². The zero-order valence-electron chi connectivity index (χ0n) is 16.9. The summed E-state index contributed by atoms with van der Waals surface area (Å²) in [5.41, 5.74) is 9.18. The zero-order valence-corrected chi connectivity index (χ0v) is 16.9. The Morgan fingerprint density at radius 1 is 1.00 bits per heavy atom. The Kier molecular flexibility index (Phi) is 4.91. The average molecular weight is 375 g/mol. The predicted octanol–water partition coefficient (Wildman–Crippen LogP) is 3.98. The van der Waals surface area contributed by atoms with E-state index in [1.165, 1.54) is 65.7 Å². The second-order valence-electron chi connectivity index (χ2n) is 8.36. The van der Waals surface area contributed by atoms with Crippen LogP contribution in [0, 0.1) is 6.92 Å². The molecular formula is C24H30N4. The quantitative estimate of drug-likeness (QED) is 0.753. The van der Waals surface area contributed by atoms with E-state index in [2.05, 4.69) is 58.1 Å². The van der Waals surface area contributed by atoms with E-state index in [0.29, 0.717) is 0 Å². The molecule has 1 saturated heterocycles. The Morgan fingerprint density at radius 3 is 2.82 bits per heavy atom.